The molecule has 1 atom stereocenters. The number of benzene rings is 2. The number of aryl methyl sites for hydroxylation is 1. The summed E-state index contributed by atoms with van der Waals surface area (Å²) in [6, 6.07) is 11.5. The van der Waals surface area contributed by atoms with Crippen LogP contribution in [0.25, 0.3) is 0 Å². The van der Waals surface area contributed by atoms with Crippen LogP contribution in [-0.2, 0) is 26.2 Å². The Kier molecular flexibility index (Phi) is 8.18. The third kappa shape index (κ3) is 6.69. The number of nitrogens with zero attached hydrogens (tertiary/aromatic N) is 2. The van der Waals surface area contributed by atoms with Crippen LogP contribution in [0.4, 0.5) is 5.69 Å². The van der Waals surface area contributed by atoms with Gasteiger partial charge in [-0.15, -0.1) is 0 Å². The first-order valence-electron chi connectivity index (χ1n) is 11.9. The maximum absolute atomic E-state index is 13.7. The van der Waals surface area contributed by atoms with Gasteiger partial charge in [0.05, 0.1) is 11.4 Å². The highest BCUT2D eigenvalue weighted by Gasteiger charge is 2.32. The van der Waals surface area contributed by atoms with E-state index in [1.807, 2.05) is 52.0 Å². The van der Waals surface area contributed by atoms with E-state index in [0.717, 1.165) is 15.4 Å². The lowest BCUT2D eigenvalue weighted by molar-refractivity contribution is -0.140. The first kappa shape index (κ1) is 27.3. The molecule has 0 bridgehead atoms. The molecule has 0 unspecified atom stereocenters. The van der Waals surface area contributed by atoms with Crippen LogP contribution < -0.4 is 19.1 Å². The summed E-state index contributed by atoms with van der Waals surface area (Å²) in [6.07, 6.45) is 0. The maximum Gasteiger partial charge on any atom is 0.244 e. The average Bonchev–Trinajstić information content (AvgIpc) is 3.27. The molecular weight excluding hydrogens is 482 g/mol. The van der Waals surface area contributed by atoms with Crippen molar-refractivity contribution in [1.82, 2.24) is 10.2 Å². The maximum atomic E-state index is 13.7. The van der Waals surface area contributed by atoms with Crippen molar-refractivity contribution in [3.05, 3.63) is 53.6 Å². The molecule has 0 radical (unpaired) electrons. The summed E-state index contributed by atoms with van der Waals surface area (Å²) in [5.41, 5.74) is 1.65. The lowest BCUT2D eigenvalue weighted by Crippen LogP contribution is -2.54. The van der Waals surface area contributed by atoms with Crippen LogP contribution in [-0.4, -0.2) is 55.8 Å². The van der Waals surface area contributed by atoms with Crippen molar-refractivity contribution in [1.29, 1.82) is 0 Å². The summed E-state index contributed by atoms with van der Waals surface area (Å²) in [5, 5.41) is 2.91. The van der Waals surface area contributed by atoms with Crippen molar-refractivity contribution in [3.8, 4) is 11.5 Å². The SMILES string of the molecule is CCS(=O)(=O)N(CC(=O)N(Cc1cccc(C)c1)[C@@H](C)C(=O)NC(C)(C)C)c1ccc2c(c1)OCO2. The van der Waals surface area contributed by atoms with Crippen molar-refractivity contribution >= 4 is 27.5 Å². The molecule has 0 fully saturated rings. The number of rotatable bonds is 9. The van der Waals surface area contributed by atoms with Crippen LogP contribution in [0.1, 0.15) is 45.7 Å². The van der Waals surface area contributed by atoms with E-state index < -0.39 is 34.1 Å². The topological polar surface area (TPSA) is 105 Å². The second kappa shape index (κ2) is 10.8. The minimum Gasteiger partial charge on any atom is -0.454 e. The van der Waals surface area contributed by atoms with E-state index in [4.69, 9.17) is 9.47 Å². The van der Waals surface area contributed by atoms with Gasteiger partial charge >= 0.3 is 0 Å². The predicted molar refractivity (Wildman–Crippen MR) is 138 cm³/mol. The Balaban J connectivity index is 1.95. The second-order valence-electron chi connectivity index (χ2n) is 9.87. The fourth-order valence-electron chi connectivity index (χ4n) is 3.82. The van der Waals surface area contributed by atoms with E-state index in [0.29, 0.717) is 11.5 Å². The highest BCUT2D eigenvalue weighted by molar-refractivity contribution is 7.92. The number of nitrogens with one attached hydrogen (secondary N) is 1. The largest absolute Gasteiger partial charge is 0.454 e. The number of sulfonamides is 1. The predicted octanol–water partition coefficient (Wildman–Crippen LogP) is 3.21. The van der Waals surface area contributed by atoms with Gasteiger partial charge in [-0.3, -0.25) is 13.9 Å². The van der Waals surface area contributed by atoms with Gasteiger partial charge in [-0.2, -0.15) is 0 Å². The first-order valence-corrected chi connectivity index (χ1v) is 13.5. The number of amides is 2. The van der Waals surface area contributed by atoms with Crippen LogP contribution in [0.5, 0.6) is 11.5 Å². The molecule has 2 aromatic carbocycles. The molecule has 0 saturated heterocycles. The van der Waals surface area contributed by atoms with Crippen LogP contribution in [0, 0.1) is 6.92 Å². The fraction of sp³-hybridized carbons (Fsp3) is 0.462. The standard InChI is InChI=1S/C26H35N3O6S/c1-7-36(32,33)29(21-11-12-22-23(14-21)35-17-34-22)16-24(30)28(15-20-10-8-9-18(2)13-20)19(3)25(31)27-26(4,5)6/h8-14,19H,7,15-17H2,1-6H3,(H,27,31)/t19-/m0/s1. The third-order valence-corrected chi connectivity index (χ3v) is 7.47. The Morgan fingerprint density at radius 3 is 2.42 bits per heavy atom. The number of carbonyl (C=O) groups is 2. The average molecular weight is 518 g/mol. The van der Waals surface area contributed by atoms with E-state index in [2.05, 4.69) is 5.32 Å². The quantitative estimate of drug-likeness (QED) is 0.548. The van der Waals surface area contributed by atoms with Crippen LogP contribution in [0.15, 0.2) is 42.5 Å². The highest BCUT2D eigenvalue weighted by Crippen LogP contribution is 2.36. The summed E-state index contributed by atoms with van der Waals surface area (Å²) in [4.78, 5) is 28.2. The van der Waals surface area contributed by atoms with Crippen molar-refractivity contribution in [3.63, 3.8) is 0 Å². The lowest BCUT2D eigenvalue weighted by atomic mass is 10.1. The van der Waals surface area contributed by atoms with Crippen LogP contribution in [0.2, 0.25) is 0 Å². The number of carbonyl (C=O) groups excluding carboxylic acids is 2. The van der Waals surface area contributed by atoms with E-state index in [1.54, 1.807) is 25.1 Å². The van der Waals surface area contributed by atoms with E-state index in [-0.39, 0.29) is 30.7 Å². The van der Waals surface area contributed by atoms with Gasteiger partial charge in [0.25, 0.3) is 0 Å². The molecule has 196 valence electrons. The summed E-state index contributed by atoms with van der Waals surface area (Å²) in [5.74, 6) is -0.107. The molecule has 1 heterocycles. The number of hydrogen-bond acceptors (Lipinski definition) is 6. The molecule has 1 aliphatic rings. The minimum absolute atomic E-state index is 0.0446. The van der Waals surface area contributed by atoms with E-state index in [1.165, 1.54) is 11.8 Å². The summed E-state index contributed by atoms with van der Waals surface area (Å²) >= 11 is 0. The molecule has 1 N–H and O–H groups in total. The van der Waals surface area contributed by atoms with Gasteiger partial charge in [0.1, 0.15) is 12.6 Å². The van der Waals surface area contributed by atoms with Crippen molar-refractivity contribution in [2.75, 3.05) is 23.4 Å². The molecular formula is C26H35N3O6S. The molecule has 36 heavy (non-hydrogen) atoms. The number of anilines is 1. The Morgan fingerprint density at radius 2 is 1.78 bits per heavy atom. The van der Waals surface area contributed by atoms with Gasteiger partial charge in [0, 0.05) is 18.2 Å². The molecule has 0 spiro atoms. The van der Waals surface area contributed by atoms with Gasteiger partial charge in [-0.1, -0.05) is 29.8 Å². The molecule has 9 nitrogen and oxygen atoms in total. The summed E-state index contributed by atoms with van der Waals surface area (Å²) in [7, 11) is -3.82. The van der Waals surface area contributed by atoms with Crippen LogP contribution >= 0.6 is 0 Å². The number of fused-ring (bicyclic) bond motifs is 1. The smallest absolute Gasteiger partial charge is 0.244 e. The Labute approximate surface area is 213 Å². The van der Waals surface area contributed by atoms with Gasteiger partial charge in [-0.05, 0) is 59.2 Å². The molecule has 1 aliphatic heterocycles. The fourth-order valence-corrected chi connectivity index (χ4v) is 4.88. The highest BCUT2D eigenvalue weighted by atomic mass is 32.2. The zero-order valence-electron chi connectivity index (χ0n) is 21.7. The second-order valence-corrected chi connectivity index (χ2v) is 12.1. The van der Waals surface area contributed by atoms with Gasteiger partial charge in [0.15, 0.2) is 11.5 Å². The molecule has 0 aliphatic carbocycles. The van der Waals surface area contributed by atoms with Crippen molar-refractivity contribution in [2.24, 2.45) is 0 Å². The van der Waals surface area contributed by atoms with Crippen LogP contribution in [0.3, 0.4) is 0 Å². The number of ether oxygens (including phenoxy) is 2. The zero-order chi connectivity index (χ0) is 26.7. The Bertz CT molecular complexity index is 1220. The van der Waals surface area contributed by atoms with E-state index in [9.17, 15) is 18.0 Å². The van der Waals surface area contributed by atoms with Crippen molar-refractivity contribution < 1.29 is 27.5 Å². The molecule has 0 aromatic heterocycles. The van der Waals surface area contributed by atoms with Gasteiger partial charge in [0.2, 0.25) is 28.6 Å². The molecule has 10 heteroatoms. The Hall–Kier alpha value is -3.27. The Morgan fingerprint density at radius 1 is 1.08 bits per heavy atom. The van der Waals surface area contributed by atoms with Crippen molar-refractivity contribution in [2.45, 2.75) is 59.7 Å². The monoisotopic (exact) mass is 517 g/mol. The lowest BCUT2D eigenvalue weighted by Gasteiger charge is -2.33. The van der Waals surface area contributed by atoms with Gasteiger partial charge < -0.3 is 19.7 Å². The summed E-state index contributed by atoms with van der Waals surface area (Å²) < 4.78 is 37.9. The molecule has 0 saturated carbocycles. The third-order valence-electron chi connectivity index (χ3n) is 5.72. The molecule has 3 rings (SSSR count). The zero-order valence-corrected chi connectivity index (χ0v) is 22.5. The minimum atomic E-state index is -3.82. The number of hydrogen-bond donors (Lipinski definition) is 1. The normalized spacial score (nSPS) is 13.7. The molecule has 2 aromatic rings. The van der Waals surface area contributed by atoms with E-state index >= 15 is 0 Å². The first-order chi connectivity index (χ1) is 16.8. The van der Waals surface area contributed by atoms with Gasteiger partial charge in [-0.25, -0.2) is 8.42 Å². The molecule has 2 amide bonds. The summed E-state index contributed by atoms with van der Waals surface area (Å²) in [6.45, 7) is 10.4.